The Hall–Kier alpha value is -2.34. The summed E-state index contributed by atoms with van der Waals surface area (Å²) < 4.78 is 16.6. The molecule has 0 spiro atoms. The molecule has 28 heavy (non-hydrogen) atoms. The fraction of sp³-hybridized carbons (Fsp3) is 0.545. The van der Waals surface area contributed by atoms with Crippen LogP contribution in [0.1, 0.15) is 62.6 Å². The largest absolute Gasteiger partial charge is 0.449 e. The zero-order chi connectivity index (χ0) is 20.1. The van der Waals surface area contributed by atoms with E-state index < -0.39 is 12.1 Å². The minimum Gasteiger partial charge on any atom is -0.449 e. The second-order valence-electron chi connectivity index (χ2n) is 7.47. The van der Waals surface area contributed by atoms with Crippen LogP contribution in [0, 0.1) is 5.92 Å². The van der Waals surface area contributed by atoms with Crippen molar-refractivity contribution >= 4 is 22.8 Å². The van der Waals surface area contributed by atoms with E-state index >= 15 is 0 Å². The molecule has 1 aromatic carbocycles. The zero-order valence-corrected chi connectivity index (χ0v) is 16.8. The van der Waals surface area contributed by atoms with Crippen LogP contribution in [0.15, 0.2) is 28.7 Å². The third-order valence-corrected chi connectivity index (χ3v) is 5.43. The quantitative estimate of drug-likeness (QED) is 0.720. The highest BCUT2D eigenvalue weighted by Crippen LogP contribution is 2.28. The topological polar surface area (TPSA) is 77.8 Å². The van der Waals surface area contributed by atoms with E-state index in [-0.39, 0.29) is 24.3 Å². The number of esters is 1. The Balaban J connectivity index is 1.70. The number of para-hydroxylation sites is 1. The lowest BCUT2D eigenvalue weighted by molar-refractivity contribution is -0.130. The van der Waals surface area contributed by atoms with E-state index in [0.717, 1.165) is 24.6 Å². The summed E-state index contributed by atoms with van der Waals surface area (Å²) in [4.78, 5) is 25.2. The van der Waals surface area contributed by atoms with Gasteiger partial charge in [-0.2, -0.15) is 0 Å². The number of carbonyl (C=O) groups is 2. The lowest BCUT2D eigenvalue weighted by atomic mass is 9.86. The van der Waals surface area contributed by atoms with Gasteiger partial charge in [0, 0.05) is 23.6 Å². The SMILES string of the molecule is CCOCc1c(C(=O)O[C@H](C)C(=O)N[C@@H]2CCCC[C@@H]2C)oc2ccccc12. The molecular weight excluding hydrogens is 358 g/mol. The van der Waals surface area contributed by atoms with Crippen LogP contribution < -0.4 is 5.32 Å². The van der Waals surface area contributed by atoms with Gasteiger partial charge in [0.15, 0.2) is 6.10 Å². The minimum absolute atomic E-state index is 0.0975. The van der Waals surface area contributed by atoms with Crippen molar-refractivity contribution < 1.29 is 23.5 Å². The van der Waals surface area contributed by atoms with Crippen molar-refractivity contribution in [3.05, 3.63) is 35.6 Å². The highest BCUT2D eigenvalue weighted by molar-refractivity contribution is 5.97. The van der Waals surface area contributed by atoms with Crippen LogP contribution in [-0.2, 0) is 20.9 Å². The van der Waals surface area contributed by atoms with Crippen molar-refractivity contribution in [2.24, 2.45) is 5.92 Å². The fourth-order valence-electron chi connectivity index (χ4n) is 3.71. The average molecular weight is 387 g/mol. The summed E-state index contributed by atoms with van der Waals surface area (Å²) in [6.07, 6.45) is 3.50. The summed E-state index contributed by atoms with van der Waals surface area (Å²) in [6, 6.07) is 7.53. The van der Waals surface area contributed by atoms with Crippen molar-refractivity contribution in [2.75, 3.05) is 6.61 Å². The second-order valence-corrected chi connectivity index (χ2v) is 7.47. The van der Waals surface area contributed by atoms with E-state index in [1.54, 1.807) is 13.0 Å². The molecule has 152 valence electrons. The van der Waals surface area contributed by atoms with E-state index in [9.17, 15) is 9.59 Å². The van der Waals surface area contributed by atoms with Crippen LogP contribution in [0.25, 0.3) is 11.0 Å². The normalized spacial score (nSPS) is 20.7. The summed E-state index contributed by atoms with van der Waals surface area (Å²) in [7, 11) is 0. The van der Waals surface area contributed by atoms with Gasteiger partial charge in [0.1, 0.15) is 5.58 Å². The molecule has 1 heterocycles. The second kappa shape index (κ2) is 9.24. The number of rotatable bonds is 7. The maximum Gasteiger partial charge on any atom is 0.375 e. The van der Waals surface area contributed by atoms with Gasteiger partial charge < -0.3 is 19.2 Å². The predicted molar refractivity (Wildman–Crippen MR) is 106 cm³/mol. The van der Waals surface area contributed by atoms with Crippen molar-refractivity contribution in [3.8, 4) is 0 Å². The monoisotopic (exact) mass is 387 g/mol. The van der Waals surface area contributed by atoms with E-state index in [1.165, 1.54) is 6.42 Å². The number of fused-ring (bicyclic) bond motifs is 1. The molecule has 1 N–H and O–H groups in total. The maximum absolute atomic E-state index is 12.7. The van der Waals surface area contributed by atoms with Gasteiger partial charge in [-0.05, 0) is 38.7 Å². The van der Waals surface area contributed by atoms with Crippen LogP contribution in [0.5, 0.6) is 0 Å². The molecular formula is C22H29NO5. The van der Waals surface area contributed by atoms with Crippen LogP contribution in [0.4, 0.5) is 0 Å². The summed E-state index contributed by atoms with van der Waals surface area (Å²) in [6.45, 7) is 6.39. The van der Waals surface area contributed by atoms with Crippen molar-refractivity contribution in [1.82, 2.24) is 5.32 Å². The summed E-state index contributed by atoms with van der Waals surface area (Å²) in [5.74, 6) is -0.381. The smallest absolute Gasteiger partial charge is 0.375 e. The molecule has 0 aliphatic heterocycles. The van der Waals surface area contributed by atoms with Gasteiger partial charge in [0.25, 0.3) is 5.91 Å². The van der Waals surface area contributed by atoms with Gasteiger partial charge in [0.2, 0.25) is 5.76 Å². The third-order valence-electron chi connectivity index (χ3n) is 5.43. The lowest BCUT2D eigenvalue weighted by Crippen LogP contribution is -2.46. The Labute approximate surface area is 165 Å². The van der Waals surface area contributed by atoms with Crippen LogP contribution in [-0.4, -0.2) is 30.6 Å². The molecule has 1 amide bonds. The Kier molecular flexibility index (Phi) is 6.73. The molecule has 3 rings (SSSR count). The highest BCUT2D eigenvalue weighted by Gasteiger charge is 2.29. The van der Waals surface area contributed by atoms with Gasteiger partial charge in [-0.25, -0.2) is 4.79 Å². The fourth-order valence-corrected chi connectivity index (χ4v) is 3.71. The van der Waals surface area contributed by atoms with Crippen LogP contribution in [0.2, 0.25) is 0 Å². The average Bonchev–Trinajstić information content (AvgIpc) is 3.06. The molecule has 0 saturated heterocycles. The Bertz CT molecular complexity index is 827. The maximum atomic E-state index is 12.7. The summed E-state index contributed by atoms with van der Waals surface area (Å²) in [5.41, 5.74) is 1.24. The summed E-state index contributed by atoms with van der Waals surface area (Å²) in [5, 5.41) is 3.85. The van der Waals surface area contributed by atoms with E-state index in [4.69, 9.17) is 13.9 Å². The van der Waals surface area contributed by atoms with E-state index in [0.29, 0.717) is 23.7 Å². The highest BCUT2D eigenvalue weighted by atomic mass is 16.6. The van der Waals surface area contributed by atoms with Gasteiger partial charge >= 0.3 is 5.97 Å². The van der Waals surface area contributed by atoms with Crippen LogP contribution in [0.3, 0.4) is 0 Å². The standard InChI is InChI=1S/C22H29NO5/c1-4-26-13-17-16-10-6-8-12-19(16)28-20(17)22(25)27-15(3)21(24)23-18-11-7-5-9-14(18)2/h6,8,10,12,14-15,18H,4-5,7,9,11,13H2,1-3H3,(H,23,24)/t14-,15+,18+/m0/s1. The van der Waals surface area contributed by atoms with E-state index in [2.05, 4.69) is 12.2 Å². The number of furan rings is 1. The molecule has 1 aromatic heterocycles. The zero-order valence-electron chi connectivity index (χ0n) is 16.8. The first-order valence-corrected chi connectivity index (χ1v) is 10.1. The first-order valence-electron chi connectivity index (χ1n) is 10.1. The molecule has 0 bridgehead atoms. The Morgan fingerprint density at radius 3 is 2.75 bits per heavy atom. The molecule has 1 aliphatic rings. The van der Waals surface area contributed by atoms with Crippen molar-refractivity contribution in [1.29, 1.82) is 0 Å². The first kappa shape index (κ1) is 20.4. The van der Waals surface area contributed by atoms with E-state index in [1.807, 2.05) is 25.1 Å². The molecule has 6 heteroatoms. The number of nitrogens with one attached hydrogen (secondary N) is 1. The Morgan fingerprint density at radius 2 is 2.00 bits per heavy atom. The number of amides is 1. The summed E-state index contributed by atoms with van der Waals surface area (Å²) >= 11 is 0. The van der Waals surface area contributed by atoms with Crippen molar-refractivity contribution in [2.45, 2.75) is 65.2 Å². The van der Waals surface area contributed by atoms with Crippen molar-refractivity contribution in [3.63, 3.8) is 0 Å². The molecule has 1 aliphatic carbocycles. The molecule has 0 radical (unpaired) electrons. The number of ether oxygens (including phenoxy) is 2. The molecule has 0 unspecified atom stereocenters. The van der Waals surface area contributed by atoms with Gasteiger partial charge in [-0.1, -0.05) is 38.0 Å². The minimum atomic E-state index is -0.894. The molecule has 1 fully saturated rings. The predicted octanol–water partition coefficient (Wildman–Crippen LogP) is 4.21. The number of hydrogen-bond donors (Lipinski definition) is 1. The van der Waals surface area contributed by atoms with Gasteiger partial charge in [-0.3, -0.25) is 4.79 Å². The number of hydrogen-bond acceptors (Lipinski definition) is 5. The van der Waals surface area contributed by atoms with Gasteiger partial charge in [0.05, 0.1) is 6.61 Å². The van der Waals surface area contributed by atoms with Crippen LogP contribution >= 0.6 is 0 Å². The number of carbonyl (C=O) groups excluding carboxylic acids is 2. The molecule has 3 atom stereocenters. The molecule has 1 saturated carbocycles. The molecule has 6 nitrogen and oxygen atoms in total. The lowest BCUT2D eigenvalue weighted by Gasteiger charge is -2.30. The number of benzene rings is 1. The van der Waals surface area contributed by atoms with Gasteiger partial charge in [-0.15, -0.1) is 0 Å². The molecule has 2 aromatic rings. The Morgan fingerprint density at radius 1 is 1.25 bits per heavy atom. The first-order chi connectivity index (χ1) is 13.5. The third kappa shape index (κ3) is 4.55.